The van der Waals surface area contributed by atoms with Crippen LogP contribution >= 0.6 is 0 Å². The molecular weight excluding hydrogens is 482 g/mol. The maximum atomic E-state index is 12.8. The van der Waals surface area contributed by atoms with E-state index in [1.54, 1.807) is 39.5 Å². The van der Waals surface area contributed by atoms with Crippen LogP contribution in [0.2, 0.25) is 0 Å². The first-order chi connectivity index (χ1) is 18.4. The van der Waals surface area contributed by atoms with Gasteiger partial charge < -0.3 is 30.2 Å². The van der Waals surface area contributed by atoms with Gasteiger partial charge in [0.25, 0.3) is 0 Å². The zero-order valence-corrected chi connectivity index (χ0v) is 22.1. The lowest BCUT2D eigenvalue weighted by Gasteiger charge is -2.22. The zero-order valence-electron chi connectivity index (χ0n) is 22.1. The summed E-state index contributed by atoms with van der Waals surface area (Å²) in [6, 6.07) is 21.1. The van der Waals surface area contributed by atoms with E-state index in [1.807, 2.05) is 24.3 Å². The molecule has 4 rings (SSSR count). The molecular formula is C30H35N3O5. The van der Waals surface area contributed by atoms with Crippen molar-refractivity contribution < 1.29 is 23.8 Å². The number of hydrogen-bond donors (Lipinski definition) is 2. The molecule has 8 nitrogen and oxygen atoms in total. The molecule has 0 spiro atoms. The molecule has 3 N–H and O–H groups in total. The van der Waals surface area contributed by atoms with Crippen LogP contribution in [0.4, 0.5) is 10.5 Å². The maximum Gasteiger partial charge on any atom is 0.407 e. The number of alkyl carbamates (subject to hydrolysis) is 1. The van der Waals surface area contributed by atoms with Crippen LogP contribution in [0, 0.1) is 0 Å². The Morgan fingerprint density at radius 2 is 1.55 bits per heavy atom. The van der Waals surface area contributed by atoms with Crippen molar-refractivity contribution in [2.45, 2.75) is 31.2 Å². The number of unbranched alkanes of at least 4 members (excludes halogenated alkanes) is 1. The highest BCUT2D eigenvalue weighted by atomic mass is 16.5. The summed E-state index contributed by atoms with van der Waals surface area (Å²) in [7, 11) is 4.79. The number of ether oxygens (including phenoxy) is 3. The van der Waals surface area contributed by atoms with Crippen LogP contribution in [0.25, 0.3) is 11.1 Å². The van der Waals surface area contributed by atoms with Gasteiger partial charge in [-0.05, 0) is 53.6 Å². The molecule has 38 heavy (non-hydrogen) atoms. The molecule has 0 aliphatic heterocycles. The van der Waals surface area contributed by atoms with Crippen molar-refractivity contribution in [3.63, 3.8) is 0 Å². The molecule has 0 saturated heterocycles. The number of likely N-dealkylation sites (N-methyl/N-ethyl adjacent to an activating group) is 1. The second-order valence-corrected chi connectivity index (χ2v) is 9.29. The highest BCUT2D eigenvalue weighted by Gasteiger charge is 2.29. The average Bonchev–Trinajstić information content (AvgIpc) is 3.28. The van der Waals surface area contributed by atoms with Gasteiger partial charge in [-0.1, -0.05) is 48.5 Å². The number of fused-ring (bicyclic) bond motifs is 3. The van der Waals surface area contributed by atoms with Gasteiger partial charge in [0.2, 0.25) is 5.91 Å². The molecule has 1 aliphatic carbocycles. The molecule has 0 radical (unpaired) electrons. The molecule has 3 aromatic rings. The van der Waals surface area contributed by atoms with Crippen molar-refractivity contribution in [3.05, 3.63) is 77.9 Å². The van der Waals surface area contributed by atoms with E-state index in [0.717, 1.165) is 0 Å². The number of carbonyl (C=O) groups is 2. The van der Waals surface area contributed by atoms with E-state index in [0.29, 0.717) is 43.0 Å². The molecule has 8 heteroatoms. The Hall–Kier alpha value is -4.04. The number of amides is 2. The molecule has 0 saturated carbocycles. The first-order valence-corrected chi connectivity index (χ1v) is 12.8. The lowest BCUT2D eigenvalue weighted by Crippen LogP contribution is -2.42. The van der Waals surface area contributed by atoms with E-state index >= 15 is 0 Å². The predicted octanol–water partition coefficient (Wildman–Crippen LogP) is 4.70. The van der Waals surface area contributed by atoms with Gasteiger partial charge in [0, 0.05) is 31.3 Å². The number of nitrogens with zero attached hydrogens (tertiary/aromatic N) is 1. The Kier molecular flexibility index (Phi) is 8.86. The molecule has 0 unspecified atom stereocenters. The van der Waals surface area contributed by atoms with Crippen LogP contribution in [0.3, 0.4) is 0 Å². The Morgan fingerprint density at radius 1 is 0.921 bits per heavy atom. The van der Waals surface area contributed by atoms with E-state index in [9.17, 15) is 9.59 Å². The first-order valence-electron chi connectivity index (χ1n) is 12.8. The van der Waals surface area contributed by atoms with Crippen LogP contribution in [0.1, 0.15) is 36.3 Å². The number of benzene rings is 3. The summed E-state index contributed by atoms with van der Waals surface area (Å²) in [5.41, 5.74) is 11.6. The summed E-state index contributed by atoms with van der Waals surface area (Å²) >= 11 is 0. The number of rotatable bonds is 11. The normalized spacial score (nSPS) is 12.7. The first kappa shape index (κ1) is 27.0. The van der Waals surface area contributed by atoms with Crippen molar-refractivity contribution in [2.75, 3.05) is 39.3 Å². The third-order valence-electron chi connectivity index (χ3n) is 6.96. The summed E-state index contributed by atoms with van der Waals surface area (Å²) < 4.78 is 16.1. The Morgan fingerprint density at radius 3 is 2.18 bits per heavy atom. The number of hydrogen-bond acceptors (Lipinski definition) is 6. The number of anilines is 1. The van der Waals surface area contributed by atoms with Crippen LogP contribution < -0.4 is 25.4 Å². The molecule has 0 aromatic heterocycles. The van der Waals surface area contributed by atoms with Crippen LogP contribution in [-0.4, -0.2) is 52.5 Å². The predicted molar refractivity (Wildman–Crippen MR) is 148 cm³/mol. The van der Waals surface area contributed by atoms with Gasteiger partial charge >= 0.3 is 6.09 Å². The minimum Gasteiger partial charge on any atom is -0.493 e. The SMILES string of the molecule is COc1ccc(N(C)C(=O)[C@@H](N)CCCCNC(=O)OCC2c3ccccc3-c3ccccc32)cc1OC. The van der Waals surface area contributed by atoms with E-state index in [1.165, 1.54) is 27.2 Å². The molecule has 2 amide bonds. The van der Waals surface area contributed by atoms with Crippen molar-refractivity contribution in [1.82, 2.24) is 5.32 Å². The van der Waals surface area contributed by atoms with Crippen molar-refractivity contribution in [1.29, 1.82) is 0 Å². The van der Waals surface area contributed by atoms with Gasteiger partial charge in [-0.15, -0.1) is 0 Å². The van der Waals surface area contributed by atoms with Crippen molar-refractivity contribution in [3.8, 4) is 22.6 Å². The summed E-state index contributed by atoms with van der Waals surface area (Å²) in [5.74, 6) is 0.962. The van der Waals surface area contributed by atoms with E-state index in [4.69, 9.17) is 19.9 Å². The number of methoxy groups -OCH3 is 2. The van der Waals surface area contributed by atoms with Crippen LogP contribution in [0.15, 0.2) is 66.7 Å². The summed E-state index contributed by atoms with van der Waals surface area (Å²) in [4.78, 5) is 26.6. The fraction of sp³-hybridized carbons (Fsp3) is 0.333. The highest BCUT2D eigenvalue weighted by molar-refractivity contribution is 5.96. The number of nitrogens with two attached hydrogens (primary N) is 1. The quantitative estimate of drug-likeness (QED) is 0.357. The van der Waals surface area contributed by atoms with Gasteiger partial charge in [0.15, 0.2) is 11.5 Å². The van der Waals surface area contributed by atoms with E-state index < -0.39 is 12.1 Å². The van der Waals surface area contributed by atoms with Crippen molar-refractivity contribution in [2.24, 2.45) is 5.73 Å². The minimum atomic E-state index is -0.650. The monoisotopic (exact) mass is 517 g/mol. The second-order valence-electron chi connectivity index (χ2n) is 9.29. The summed E-state index contributed by atoms with van der Waals surface area (Å²) in [6.07, 6.45) is 1.44. The fourth-order valence-electron chi connectivity index (χ4n) is 4.86. The second kappa shape index (κ2) is 12.5. The lowest BCUT2D eigenvalue weighted by atomic mass is 9.98. The molecule has 1 atom stereocenters. The molecule has 1 aliphatic rings. The third kappa shape index (κ3) is 5.92. The van der Waals surface area contributed by atoms with Crippen LogP contribution in [0.5, 0.6) is 11.5 Å². The Bertz CT molecular complexity index is 1230. The Labute approximate surface area is 223 Å². The number of carbonyl (C=O) groups excluding carboxylic acids is 2. The number of nitrogens with one attached hydrogen (secondary N) is 1. The van der Waals surface area contributed by atoms with Gasteiger partial charge in [0.1, 0.15) is 6.61 Å². The molecule has 0 bridgehead atoms. The minimum absolute atomic E-state index is 0.0276. The molecule has 0 heterocycles. The van der Waals surface area contributed by atoms with Crippen molar-refractivity contribution >= 4 is 17.7 Å². The molecule has 0 fully saturated rings. The van der Waals surface area contributed by atoms with Gasteiger partial charge in [0.05, 0.1) is 20.3 Å². The Balaban J connectivity index is 1.18. The van der Waals surface area contributed by atoms with E-state index in [2.05, 4.69) is 29.6 Å². The van der Waals surface area contributed by atoms with Gasteiger partial charge in [-0.25, -0.2) is 4.79 Å². The smallest absolute Gasteiger partial charge is 0.407 e. The zero-order chi connectivity index (χ0) is 27.1. The van der Waals surface area contributed by atoms with E-state index in [-0.39, 0.29) is 18.4 Å². The molecule has 200 valence electrons. The topological polar surface area (TPSA) is 103 Å². The summed E-state index contributed by atoms with van der Waals surface area (Å²) in [6.45, 7) is 0.727. The third-order valence-corrected chi connectivity index (χ3v) is 6.96. The largest absolute Gasteiger partial charge is 0.493 e. The fourth-order valence-corrected chi connectivity index (χ4v) is 4.86. The molecule has 3 aromatic carbocycles. The van der Waals surface area contributed by atoms with Gasteiger partial charge in [-0.2, -0.15) is 0 Å². The lowest BCUT2D eigenvalue weighted by molar-refractivity contribution is -0.119. The highest BCUT2D eigenvalue weighted by Crippen LogP contribution is 2.44. The van der Waals surface area contributed by atoms with Crippen LogP contribution in [-0.2, 0) is 9.53 Å². The maximum absolute atomic E-state index is 12.8. The van der Waals surface area contributed by atoms with Gasteiger partial charge in [-0.3, -0.25) is 4.79 Å². The summed E-state index contributed by atoms with van der Waals surface area (Å²) in [5, 5.41) is 2.81. The average molecular weight is 518 g/mol. The standard InChI is InChI=1S/C30H35N3O5/c1-33(20-15-16-27(36-2)28(18-20)37-3)29(34)26(31)14-8-9-17-32-30(35)38-19-25-23-12-6-4-10-21(23)22-11-5-7-13-24(22)25/h4-7,10-13,15-16,18,25-26H,8-9,14,17,19,31H2,1-3H3,(H,32,35)/t26-/m0/s1.